The molecular weight excluding hydrogens is 385 g/mol. The maximum atomic E-state index is 12.1. The Morgan fingerprint density at radius 1 is 0.821 bits per heavy atom. The van der Waals surface area contributed by atoms with Crippen molar-refractivity contribution in [2.75, 3.05) is 6.61 Å². The zero-order valence-corrected chi connectivity index (χ0v) is 18.0. The topological polar surface area (TPSA) is 135 Å². The summed E-state index contributed by atoms with van der Waals surface area (Å²) in [6.07, 6.45) is 14.5. The Kier molecular flexibility index (Phi) is 15.4. The first kappa shape index (κ1) is 27.0. The summed E-state index contributed by atoms with van der Waals surface area (Å²) >= 11 is 0. The molecule has 0 aromatic carbocycles. The van der Waals surface area contributed by atoms with Crippen LogP contribution in [0.15, 0.2) is 0 Å². The normalized spacial score (nSPS) is 12.7. The molecule has 28 heavy (non-hydrogen) atoms. The zero-order chi connectivity index (χ0) is 21.4. The molecule has 0 spiro atoms. The van der Waals surface area contributed by atoms with Crippen molar-refractivity contribution >= 4 is 19.6 Å². The second-order valence-electron chi connectivity index (χ2n) is 7.28. The first-order valence-electron chi connectivity index (χ1n) is 10.5. The number of amides is 1. The highest BCUT2D eigenvalue weighted by atomic mass is 31.2. The van der Waals surface area contributed by atoms with Gasteiger partial charge in [-0.3, -0.25) is 4.79 Å². The summed E-state index contributed by atoms with van der Waals surface area (Å²) in [4.78, 5) is 41.6. The van der Waals surface area contributed by atoms with Crippen molar-refractivity contribution in [3.8, 4) is 0 Å². The van der Waals surface area contributed by atoms with Crippen molar-refractivity contribution in [1.29, 1.82) is 0 Å². The van der Waals surface area contributed by atoms with E-state index in [-0.39, 0.29) is 11.1 Å². The number of unbranched alkanes of at least 4 members (excludes halogenated alkanes) is 12. The van der Waals surface area contributed by atoms with Crippen LogP contribution in [0.3, 0.4) is 0 Å². The van der Waals surface area contributed by atoms with Gasteiger partial charge in [0.25, 0.3) is 0 Å². The van der Waals surface area contributed by atoms with Gasteiger partial charge in [0, 0.05) is 6.42 Å². The van der Waals surface area contributed by atoms with Crippen LogP contribution in [-0.4, -0.2) is 49.2 Å². The number of hydrogen-bond donors (Lipinski definition) is 4. The van der Waals surface area contributed by atoms with Crippen LogP contribution in [0.4, 0.5) is 0 Å². The number of carboxylic acid groups (broad SMARTS) is 1. The molecule has 1 unspecified atom stereocenters. The Hall–Kier alpha value is -0.950. The summed E-state index contributed by atoms with van der Waals surface area (Å²) in [5, 5.41) is 18.0. The largest absolute Gasteiger partial charge is 0.480 e. The lowest BCUT2D eigenvalue weighted by Crippen LogP contribution is -2.45. The SMILES string of the molecule is CCCCCCCCCCCCCCCC(=O)N(C(CO)C(=O)O)P(=O)(O)O. The van der Waals surface area contributed by atoms with Gasteiger partial charge in [0.1, 0.15) is 0 Å². The maximum absolute atomic E-state index is 12.1. The number of hydrogen-bond acceptors (Lipinski definition) is 4. The van der Waals surface area contributed by atoms with E-state index in [1.807, 2.05) is 0 Å². The van der Waals surface area contributed by atoms with Gasteiger partial charge >= 0.3 is 13.7 Å². The van der Waals surface area contributed by atoms with E-state index >= 15 is 0 Å². The molecule has 0 fully saturated rings. The van der Waals surface area contributed by atoms with Crippen LogP contribution in [0.1, 0.15) is 96.8 Å². The molecule has 166 valence electrons. The predicted octanol–water partition coefficient (Wildman–Crippen LogP) is 3.83. The van der Waals surface area contributed by atoms with E-state index < -0.39 is 32.3 Å². The zero-order valence-electron chi connectivity index (χ0n) is 17.1. The number of aliphatic carboxylic acids is 1. The third-order valence-electron chi connectivity index (χ3n) is 4.78. The number of carboxylic acids is 1. The van der Waals surface area contributed by atoms with Crippen molar-refractivity contribution in [1.82, 2.24) is 4.67 Å². The van der Waals surface area contributed by atoms with Crippen LogP contribution in [0.5, 0.6) is 0 Å². The van der Waals surface area contributed by atoms with Crippen LogP contribution >= 0.6 is 7.75 Å². The van der Waals surface area contributed by atoms with E-state index in [0.717, 1.165) is 25.7 Å². The summed E-state index contributed by atoms with van der Waals surface area (Å²) in [6.45, 7) is 1.16. The lowest BCUT2D eigenvalue weighted by Gasteiger charge is -2.27. The number of aliphatic hydroxyl groups excluding tert-OH is 1. The van der Waals surface area contributed by atoms with Gasteiger partial charge in [0.05, 0.1) is 6.61 Å². The third kappa shape index (κ3) is 12.5. The maximum Gasteiger partial charge on any atom is 0.433 e. The molecule has 0 aromatic heterocycles. The molecule has 1 amide bonds. The summed E-state index contributed by atoms with van der Waals surface area (Å²) in [6, 6.07) is -1.93. The summed E-state index contributed by atoms with van der Waals surface area (Å²) < 4.78 is 11.4. The number of aliphatic hydroxyl groups is 1. The quantitative estimate of drug-likeness (QED) is 0.194. The van der Waals surface area contributed by atoms with Crippen molar-refractivity contribution in [3.05, 3.63) is 0 Å². The third-order valence-corrected chi connectivity index (χ3v) is 5.85. The average molecular weight is 423 g/mol. The highest BCUT2D eigenvalue weighted by Gasteiger charge is 2.40. The molecule has 0 heterocycles. The Morgan fingerprint density at radius 2 is 1.21 bits per heavy atom. The summed E-state index contributed by atoms with van der Waals surface area (Å²) in [5.41, 5.74) is 0. The first-order chi connectivity index (χ1) is 13.3. The molecule has 4 N–H and O–H groups in total. The van der Waals surface area contributed by atoms with Crippen molar-refractivity contribution < 1.29 is 34.2 Å². The van der Waals surface area contributed by atoms with Crippen molar-refractivity contribution in [2.45, 2.75) is 103 Å². The highest BCUT2D eigenvalue weighted by Crippen LogP contribution is 2.42. The van der Waals surface area contributed by atoms with Crippen molar-refractivity contribution in [3.63, 3.8) is 0 Å². The molecule has 0 saturated heterocycles. The van der Waals surface area contributed by atoms with Crippen LogP contribution in [0.2, 0.25) is 0 Å². The predicted molar refractivity (Wildman–Crippen MR) is 108 cm³/mol. The van der Waals surface area contributed by atoms with Gasteiger partial charge in [0.15, 0.2) is 6.04 Å². The fourth-order valence-corrected chi connectivity index (χ4v) is 4.09. The molecule has 0 aliphatic rings. The molecule has 0 saturated carbocycles. The van der Waals surface area contributed by atoms with E-state index in [1.165, 1.54) is 51.4 Å². The molecular formula is C19H38NO7P. The van der Waals surface area contributed by atoms with E-state index in [0.29, 0.717) is 6.42 Å². The average Bonchev–Trinajstić information content (AvgIpc) is 2.61. The van der Waals surface area contributed by atoms with Gasteiger partial charge in [-0.2, -0.15) is 0 Å². The second-order valence-corrected chi connectivity index (χ2v) is 8.74. The van der Waals surface area contributed by atoms with Gasteiger partial charge in [-0.05, 0) is 6.42 Å². The summed E-state index contributed by atoms with van der Waals surface area (Å²) in [7, 11) is -5.10. The Labute approximate surface area is 168 Å². The van der Waals surface area contributed by atoms with Crippen molar-refractivity contribution in [2.24, 2.45) is 0 Å². The minimum Gasteiger partial charge on any atom is -0.480 e. The second kappa shape index (κ2) is 15.9. The molecule has 0 aromatic rings. The highest BCUT2D eigenvalue weighted by molar-refractivity contribution is 7.50. The molecule has 0 bridgehead atoms. The summed E-state index contributed by atoms with van der Waals surface area (Å²) in [5.74, 6) is -2.60. The van der Waals surface area contributed by atoms with Crippen LogP contribution in [-0.2, 0) is 14.2 Å². The number of nitrogens with zero attached hydrogens (tertiary/aromatic N) is 1. The lowest BCUT2D eigenvalue weighted by atomic mass is 10.0. The van der Waals surface area contributed by atoms with Gasteiger partial charge in [-0.15, -0.1) is 0 Å². The first-order valence-corrected chi connectivity index (χ1v) is 12.0. The molecule has 0 rings (SSSR count). The number of rotatable bonds is 18. The van der Waals surface area contributed by atoms with Crippen LogP contribution in [0.25, 0.3) is 0 Å². The molecule has 8 nitrogen and oxygen atoms in total. The van der Waals surface area contributed by atoms with E-state index in [2.05, 4.69) is 6.92 Å². The van der Waals surface area contributed by atoms with Gasteiger partial charge in [-0.25, -0.2) is 14.0 Å². The minimum absolute atomic E-state index is 0.00412. The number of carbonyl (C=O) groups is 2. The van der Waals surface area contributed by atoms with Gasteiger partial charge in [-0.1, -0.05) is 84.0 Å². The molecule has 9 heteroatoms. The smallest absolute Gasteiger partial charge is 0.433 e. The van der Waals surface area contributed by atoms with E-state index in [9.17, 15) is 23.9 Å². The molecule has 1 atom stereocenters. The molecule has 0 radical (unpaired) electrons. The fraction of sp³-hybridized carbons (Fsp3) is 0.895. The fourth-order valence-electron chi connectivity index (χ4n) is 3.17. The Morgan fingerprint density at radius 3 is 1.54 bits per heavy atom. The van der Waals surface area contributed by atoms with Crippen LogP contribution < -0.4 is 0 Å². The van der Waals surface area contributed by atoms with E-state index in [1.54, 1.807) is 0 Å². The Bertz CT molecular complexity index is 481. The number of carbonyl (C=O) groups excluding carboxylic acids is 1. The standard InChI is InChI=1S/C19H38NO7P/c1-2-3-4-5-6-7-8-9-10-11-12-13-14-15-18(22)20(28(25,26)27)17(16-21)19(23)24/h17,21H,2-16H2,1H3,(H,23,24)(H2,25,26,27). The van der Waals surface area contributed by atoms with Gasteiger partial charge < -0.3 is 20.0 Å². The van der Waals surface area contributed by atoms with E-state index in [4.69, 9.17) is 10.2 Å². The Balaban J connectivity index is 3.90. The monoisotopic (exact) mass is 423 g/mol. The van der Waals surface area contributed by atoms with Gasteiger partial charge in [0.2, 0.25) is 5.91 Å². The molecule has 0 aliphatic heterocycles. The lowest BCUT2D eigenvalue weighted by molar-refractivity contribution is -0.148. The van der Waals surface area contributed by atoms with Crippen LogP contribution in [0, 0.1) is 0 Å². The minimum atomic E-state index is -5.10. The molecule has 0 aliphatic carbocycles.